The van der Waals surface area contributed by atoms with Crippen LogP contribution >= 0.6 is 0 Å². The second kappa shape index (κ2) is 9.25. The van der Waals surface area contributed by atoms with Crippen LogP contribution in [-0.4, -0.2) is 32.9 Å². The second-order valence-electron chi connectivity index (χ2n) is 8.15. The van der Waals surface area contributed by atoms with E-state index < -0.39 is 0 Å². The van der Waals surface area contributed by atoms with Crippen LogP contribution in [0.2, 0.25) is 0 Å². The number of benzene rings is 3. The smallest absolute Gasteiger partial charge is 0.0831 e. The Labute approximate surface area is 186 Å². The van der Waals surface area contributed by atoms with E-state index >= 15 is 0 Å². The lowest BCUT2D eigenvalue weighted by Gasteiger charge is -2.24. The number of anilines is 3. The zero-order valence-corrected chi connectivity index (χ0v) is 19.0. The van der Waals surface area contributed by atoms with E-state index in [0.717, 1.165) is 30.9 Å². The molecule has 0 spiro atoms. The molecule has 4 nitrogen and oxygen atoms in total. The first-order valence-electron chi connectivity index (χ1n) is 11.1. The van der Waals surface area contributed by atoms with Gasteiger partial charge in [-0.05, 0) is 61.4 Å². The summed E-state index contributed by atoms with van der Waals surface area (Å²) in [6, 6.07) is 28.4. The Bertz CT molecular complexity index is 1000. The fourth-order valence-corrected chi connectivity index (χ4v) is 4.21. The summed E-state index contributed by atoms with van der Waals surface area (Å²) < 4.78 is 0. The van der Waals surface area contributed by atoms with Gasteiger partial charge in [0, 0.05) is 45.0 Å². The van der Waals surface area contributed by atoms with Crippen molar-refractivity contribution in [2.45, 2.75) is 26.3 Å². The molecule has 0 radical (unpaired) electrons. The molecule has 3 aromatic carbocycles. The zero-order valence-electron chi connectivity index (χ0n) is 19.0. The summed E-state index contributed by atoms with van der Waals surface area (Å²) >= 11 is 0. The Kier molecular flexibility index (Phi) is 6.26. The quantitative estimate of drug-likeness (QED) is 0.478. The lowest BCUT2D eigenvalue weighted by atomic mass is 9.97. The van der Waals surface area contributed by atoms with Crippen LogP contribution in [0.15, 0.2) is 84.0 Å². The lowest BCUT2D eigenvalue weighted by Crippen LogP contribution is -2.21. The van der Waals surface area contributed by atoms with E-state index in [0.29, 0.717) is 0 Å². The van der Waals surface area contributed by atoms with Crippen molar-refractivity contribution in [1.82, 2.24) is 0 Å². The minimum Gasteiger partial charge on any atom is -0.378 e. The van der Waals surface area contributed by atoms with Crippen molar-refractivity contribution in [2.75, 3.05) is 42.0 Å². The normalized spacial score (nSPS) is 15.7. The molecule has 0 fully saturated rings. The predicted molar refractivity (Wildman–Crippen MR) is 134 cm³/mol. The first-order valence-corrected chi connectivity index (χ1v) is 11.1. The fraction of sp³-hybridized carbons (Fsp3) is 0.296. The monoisotopic (exact) mass is 412 g/mol. The average Bonchev–Trinajstić information content (AvgIpc) is 3.26. The summed E-state index contributed by atoms with van der Waals surface area (Å²) in [6.45, 7) is 6.43. The predicted octanol–water partition coefficient (Wildman–Crippen LogP) is 5.95. The highest BCUT2D eigenvalue weighted by molar-refractivity contribution is 6.03. The minimum absolute atomic E-state index is 0.191. The minimum atomic E-state index is 0.191. The van der Waals surface area contributed by atoms with Gasteiger partial charge >= 0.3 is 0 Å². The van der Waals surface area contributed by atoms with Crippen LogP contribution in [-0.2, 0) is 0 Å². The van der Waals surface area contributed by atoms with Crippen molar-refractivity contribution < 1.29 is 0 Å². The van der Waals surface area contributed by atoms with Crippen LogP contribution in [0.1, 0.15) is 37.4 Å². The molecule has 4 heteroatoms. The highest BCUT2D eigenvalue weighted by atomic mass is 15.5. The average molecular weight is 413 g/mol. The third-order valence-electron chi connectivity index (χ3n) is 6.05. The number of rotatable bonds is 7. The summed E-state index contributed by atoms with van der Waals surface area (Å²) in [4.78, 5) is 4.50. The number of hydrogen-bond acceptors (Lipinski definition) is 4. The molecule has 4 rings (SSSR count). The molecule has 1 unspecified atom stereocenters. The highest BCUT2D eigenvalue weighted by Crippen LogP contribution is 2.37. The second-order valence-corrected chi connectivity index (χ2v) is 8.15. The highest BCUT2D eigenvalue weighted by Gasteiger charge is 2.30. The van der Waals surface area contributed by atoms with Crippen LogP contribution in [0.5, 0.6) is 0 Å². The molecular formula is C27H32N4. The van der Waals surface area contributed by atoms with Crippen LogP contribution in [0.3, 0.4) is 0 Å². The number of nitrogens with zero attached hydrogens (tertiary/aromatic N) is 4. The molecule has 160 valence electrons. The van der Waals surface area contributed by atoms with Crippen molar-refractivity contribution in [3.05, 3.63) is 90.0 Å². The molecule has 0 aliphatic carbocycles. The van der Waals surface area contributed by atoms with E-state index in [4.69, 9.17) is 5.10 Å². The van der Waals surface area contributed by atoms with Crippen molar-refractivity contribution in [3.63, 3.8) is 0 Å². The fourth-order valence-electron chi connectivity index (χ4n) is 4.21. The van der Waals surface area contributed by atoms with E-state index in [2.05, 4.69) is 122 Å². The molecule has 31 heavy (non-hydrogen) atoms. The van der Waals surface area contributed by atoms with Gasteiger partial charge in [0.2, 0.25) is 0 Å². The molecule has 3 aromatic rings. The van der Waals surface area contributed by atoms with E-state index in [1.807, 2.05) is 0 Å². The zero-order chi connectivity index (χ0) is 21.8. The van der Waals surface area contributed by atoms with E-state index in [9.17, 15) is 0 Å². The molecule has 1 heterocycles. The first kappa shape index (κ1) is 21.0. The van der Waals surface area contributed by atoms with Gasteiger partial charge in [0.25, 0.3) is 0 Å². The Morgan fingerprint density at radius 2 is 1.42 bits per heavy atom. The standard InChI is InChI=1S/C27H32N4/c1-5-30(6-2)24-18-12-21(13-19-24)26-20-27(22-14-16-23(17-15-22)29(3)4)31(28-26)25-10-8-7-9-11-25/h7-19,27H,5-6,20H2,1-4H3. The van der Waals surface area contributed by atoms with Crippen LogP contribution in [0, 0.1) is 0 Å². The molecule has 0 bridgehead atoms. The van der Waals surface area contributed by atoms with E-state index in [1.165, 1.54) is 22.5 Å². The van der Waals surface area contributed by atoms with Crippen LogP contribution in [0.4, 0.5) is 17.1 Å². The topological polar surface area (TPSA) is 22.1 Å². The van der Waals surface area contributed by atoms with Gasteiger partial charge in [-0.3, -0.25) is 5.01 Å². The maximum atomic E-state index is 5.08. The number of para-hydroxylation sites is 1. The van der Waals surface area contributed by atoms with Crippen molar-refractivity contribution in [3.8, 4) is 0 Å². The van der Waals surface area contributed by atoms with Crippen LogP contribution < -0.4 is 14.8 Å². The summed E-state index contributed by atoms with van der Waals surface area (Å²) in [5, 5.41) is 7.26. The molecule has 0 amide bonds. The van der Waals surface area contributed by atoms with E-state index in [-0.39, 0.29) is 6.04 Å². The maximum absolute atomic E-state index is 5.08. The third-order valence-corrected chi connectivity index (χ3v) is 6.05. The van der Waals surface area contributed by atoms with Gasteiger partial charge in [0.1, 0.15) is 0 Å². The Morgan fingerprint density at radius 1 is 0.806 bits per heavy atom. The molecule has 0 aromatic heterocycles. The van der Waals surface area contributed by atoms with E-state index in [1.54, 1.807) is 0 Å². The first-order chi connectivity index (χ1) is 15.1. The summed E-state index contributed by atoms with van der Waals surface area (Å²) in [7, 11) is 4.15. The lowest BCUT2D eigenvalue weighted by molar-refractivity contribution is 0.709. The summed E-state index contributed by atoms with van der Waals surface area (Å²) in [5.74, 6) is 0. The summed E-state index contributed by atoms with van der Waals surface area (Å²) in [5.41, 5.74) is 7.22. The largest absolute Gasteiger partial charge is 0.378 e. The maximum Gasteiger partial charge on any atom is 0.0831 e. The van der Waals surface area contributed by atoms with Crippen LogP contribution in [0.25, 0.3) is 0 Å². The molecule has 1 aliphatic rings. The SMILES string of the molecule is CCN(CC)c1ccc(C2=NN(c3ccccc3)C(c3ccc(N(C)C)cc3)C2)cc1. The summed E-state index contributed by atoms with van der Waals surface area (Å²) in [6.07, 6.45) is 0.890. The van der Waals surface area contributed by atoms with Crippen molar-refractivity contribution in [2.24, 2.45) is 5.10 Å². The van der Waals surface area contributed by atoms with Crippen molar-refractivity contribution >= 4 is 22.8 Å². The Morgan fingerprint density at radius 3 is 2.00 bits per heavy atom. The third kappa shape index (κ3) is 4.43. The number of hydrazone groups is 1. The Balaban J connectivity index is 1.65. The van der Waals surface area contributed by atoms with Gasteiger partial charge in [0.15, 0.2) is 0 Å². The van der Waals surface area contributed by atoms with Gasteiger partial charge < -0.3 is 9.80 Å². The van der Waals surface area contributed by atoms with Gasteiger partial charge in [-0.1, -0.05) is 42.5 Å². The molecule has 1 atom stereocenters. The molecule has 1 aliphatic heterocycles. The van der Waals surface area contributed by atoms with Gasteiger partial charge in [-0.15, -0.1) is 0 Å². The molecule has 0 saturated heterocycles. The Hall–Kier alpha value is -3.27. The molecule has 0 N–H and O–H groups in total. The van der Waals surface area contributed by atoms with Gasteiger partial charge in [-0.25, -0.2) is 0 Å². The number of hydrogen-bond donors (Lipinski definition) is 0. The van der Waals surface area contributed by atoms with Gasteiger partial charge in [0.05, 0.1) is 17.4 Å². The van der Waals surface area contributed by atoms with Gasteiger partial charge in [-0.2, -0.15) is 5.10 Å². The molecule has 0 saturated carbocycles. The molecular weight excluding hydrogens is 380 g/mol. The van der Waals surface area contributed by atoms with Crippen molar-refractivity contribution in [1.29, 1.82) is 0 Å².